The average molecular weight is 472 g/mol. The van der Waals surface area contributed by atoms with Gasteiger partial charge in [-0.3, -0.25) is 9.78 Å². The molecule has 11 heteroatoms. The fraction of sp³-hybridized carbons (Fsp3) is 0.227. The molecule has 1 aromatic carbocycles. The van der Waals surface area contributed by atoms with Crippen LogP contribution < -0.4 is 14.8 Å². The number of pyridine rings is 2. The number of halogens is 1. The molecule has 33 heavy (non-hydrogen) atoms. The standard InChI is InChI=1S/C22H21FN4O5S/c1-31-22-21(33(24,29)30)20(19(12-26-22)27-6-8-32-9-7-27)15-4-5-25-18(11-15)16-3-2-14(13-28)10-17(16)23/h2-5,10-13H,6-9H2,1H3,(H2,24,29,30). The molecule has 3 aromatic rings. The maximum absolute atomic E-state index is 14.6. The van der Waals surface area contributed by atoms with Gasteiger partial charge in [-0.2, -0.15) is 0 Å². The van der Waals surface area contributed by atoms with Crippen LogP contribution in [-0.4, -0.2) is 58.1 Å². The fourth-order valence-electron chi connectivity index (χ4n) is 3.74. The molecule has 2 aromatic heterocycles. The third-order valence-electron chi connectivity index (χ3n) is 5.26. The number of morpholine rings is 1. The first-order valence-corrected chi connectivity index (χ1v) is 11.5. The summed E-state index contributed by atoms with van der Waals surface area (Å²) < 4.78 is 50.5. The largest absolute Gasteiger partial charge is 0.480 e. The number of aldehydes is 1. The fourth-order valence-corrected chi connectivity index (χ4v) is 4.63. The molecule has 172 valence electrons. The quantitative estimate of drug-likeness (QED) is 0.542. The highest BCUT2D eigenvalue weighted by atomic mass is 32.2. The Morgan fingerprint density at radius 2 is 1.94 bits per heavy atom. The molecule has 1 saturated heterocycles. The number of carbonyl (C=O) groups excluding carboxylic acids is 1. The summed E-state index contributed by atoms with van der Waals surface area (Å²) in [5, 5.41) is 5.58. The van der Waals surface area contributed by atoms with Gasteiger partial charge >= 0.3 is 0 Å². The number of nitrogens with zero attached hydrogens (tertiary/aromatic N) is 3. The normalized spacial score (nSPS) is 14.2. The van der Waals surface area contributed by atoms with Crippen molar-refractivity contribution < 1.29 is 27.1 Å². The van der Waals surface area contributed by atoms with Gasteiger partial charge in [0.1, 0.15) is 12.1 Å². The van der Waals surface area contributed by atoms with Crippen molar-refractivity contribution in [2.45, 2.75) is 4.90 Å². The molecule has 0 unspecified atom stereocenters. The smallest absolute Gasteiger partial charge is 0.244 e. The van der Waals surface area contributed by atoms with E-state index in [1.807, 2.05) is 4.90 Å². The van der Waals surface area contributed by atoms with Gasteiger partial charge in [-0.15, -0.1) is 0 Å². The van der Waals surface area contributed by atoms with E-state index in [-0.39, 0.29) is 33.2 Å². The number of ether oxygens (including phenoxy) is 2. The number of primary sulfonamides is 1. The number of aromatic nitrogens is 2. The first kappa shape index (κ1) is 22.8. The number of carbonyl (C=O) groups is 1. The number of sulfonamides is 1. The lowest BCUT2D eigenvalue weighted by atomic mass is 10.0. The molecule has 3 heterocycles. The zero-order valence-electron chi connectivity index (χ0n) is 17.7. The van der Waals surface area contributed by atoms with Crippen molar-refractivity contribution in [2.24, 2.45) is 5.14 Å². The first-order chi connectivity index (χ1) is 15.8. The second-order valence-electron chi connectivity index (χ2n) is 7.29. The van der Waals surface area contributed by atoms with Gasteiger partial charge in [0.2, 0.25) is 15.9 Å². The number of anilines is 1. The Hall–Kier alpha value is -3.41. The maximum atomic E-state index is 14.6. The van der Waals surface area contributed by atoms with Crippen molar-refractivity contribution in [3.8, 4) is 28.3 Å². The molecule has 0 atom stereocenters. The summed E-state index contributed by atoms with van der Waals surface area (Å²) in [5.74, 6) is -0.777. The van der Waals surface area contributed by atoms with Crippen molar-refractivity contribution in [1.82, 2.24) is 9.97 Å². The van der Waals surface area contributed by atoms with Crippen LogP contribution >= 0.6 is 0 Å². The van der Waals surface area contributed by atoms with E-state index in [4.69, 9.17) is 14.6 Å². The highest BCUT2D eigenvalue weighted by Crippen LogP contribution is 2.41. The van der Waals surface area contributed by atoms with E-state index in [0.29, 0.717) is 43.8 Å². The Kier molecular flexibility index (Phi) is 6.36. The maximum Gasteiger partial charge on any atom is 0.244 e. The van der Waals surface area contributed by atoms with E-state index < -0.39 is 15.8 Å². The third-order valence-corrected chi connectivity index (χ3v) is 6.21. The minimum atomic E-state index is -4.26. The first-order valence-electron chi connectivity index (χ1n) is 9.97. The van der Waals surface area contributed by atoms with Gasteiger partial charge in [-0.1, -0.05) is 6.07 Å². The average Bonchev–Trinajstić information content (AvgIpc) is 2.83. The predicted octanol–water partition coefficient (Wildman–Crippen LogP) is 2.25. The van der Waals surface area contributed by atoms with Crippen LogP contribution in [0.5, 0.6) is 5.88 Å². The number of hydrogen-bond donors (Lipinski definition) is 1. The van der Waals surface area contributed by atoms with Crippen LogP contribution in [0.1, 0.15) is 10.4 Å². The van der Waals surface area contributed by atoms with E-state index in [1.54, 1.807) is 12.1 Å². The Morgan fingerprint density at radius 1 is 1.18 bits per heavy atom. The van der Waals surface area contributed by atoms with Gasteiger partial charge in [-0.05, 0) is 29.8 Å². The molecule has 0 bridgehead atoms. The van der Waals surface area contributed by atoms with Crippen molar-refractivity contribution in [3.05, 3.63) is 54.1 Å². The number of rotatable bonds is 6. The number of benzene rings is 1. The Balaban J connectivity index is 1.96. The van der Waals surface area contributed by atoms with Crippen LogP contribution in [0.15, 0.2) is 47.6 Å². The molecule has 0 amide bonds. The van der Waals surface area contributed by atoms with E-state index in [2.05, 4.69) is 9.97 Å². The minimum absolute atomic E-state index is 0.149. The third kappa shape index (κ3) is 4.56. The number of hydrogen-bond acceptors (Lipinski definition) is 8. The molecule has 4 rings (SSSR count). The van der Waals surface area contributed by atoms with Crippen LogP contribution in [0.3, 0.4) is 0 Å². The molecule has 9 nitrogen and oxygen atoms in total. The lowest BCUT2D eigenvalue weighted by Gasteiger charge is -2.31. The van der Waals surface area contributed by atoms with Crippen LogP contribution in [0.25, 0.3) is 22.4 Å². The van der Waals surface area contributed by atoms with E-state index in [9.17, 15) is 17.6 Å². The summed E-state index contributed by atoms with van der Waals surface area (Å²) in [6.45, 7) is 1.97. The lowest BCUT2D eigenvalue weighted by molar-refractivity contribution is 0.112. The van der Waals surface area contributed by atoms with E-state index >= 15 is 0 Å². The Morgan fingerprint density at radius 3 is 2.58 bits per heavy atom. The molecule has 0 aliphatic carbocycles. The van der Waals surface area contributed by atoms with E-state index in [1.165, 1.54) is 31.6 Å². The summed E-state index contributed by atoms with van der Waals surface area (Å²) in [7, 11) is -2.96. The highest BCUT2D eigenvalue weighted by Gasteiger charge is 2.29. The van der Waals surface area contributed by atoms with Gasteiger partial charge in [0.05, 0.1) is 37.9 Å². The molecular weight excluding hydrogens is 451 g/mol. The molecule has 1 aliphatic rings. The molecular formula is C22H21FN4O5S. The van der Waals surface area contributed by atoms with Crippen LogP contribution in [0.2, 0.25) is 0 Å². The van der Waals surface area contributed by atoms with Crippen molar-refractivity contribution in [1.29, 1.82) is 0 Å². The van der Waals surface area contributed by atoms with Crippen molar-refractivity contribution in [2.75, 3.05) is 38.3 Å². The predicted molar refractivity (Wildman–Crippen MR) is 119 cm³/mol. The summed E-state index contributed by atoms with van der Waals surface area (Å²) in [5.41, 5.74) is 1.85. The monoisotopic (exact) mass is 472 g/mol. The summed E-state index contributed by atoms with van der Waals surface area (Å²) in [4.78, 5) is 21.0. The van der Waals surface area contributed by atoms with E-state index in [0.717, 1.165) is 6.07 Å². The zero-order chi connectivity index (χ0) is 23.6. The highest BCUT2D eigenvalue weighted by molar-refractivity contribution is 7.89. The number of methoxy groups -OCH3 is 1. The second kappa shape index (κ2) is 9.22. The van der Waals surface area contributed by atoms with Crippen LogP contribution in [-0.2, 0) is 14.8 Å². The molecule has 0 spiro atoms. The number of nitrogens with two attached hydrogens (primary N) is 1. The van der Waals surface area contributed by atoms with Gasteiger partial charge in [-0.25, -0.2) is 22.9 Å². The summed E-state index contributed by atoms with van der Waals surface area (Å²) >= 11 is 0. The van der Waals surface area contributed by atoms with Gasteiger partial charge in [0.25, 0.3) is 0 Å². The van der Waals surface area contributed by atoms with Gasteiger partial charge < -0.3 is 14.4 Å². The summed E-state index contributed by atoms with van der Waals surface area (Å²) in [6.07, 6.45) is 3.52. The lowest BCUT2D eigenvalue weighted by Crippen LogP contribution is -2.37. The topological polar surface area (TPSA) is 125 Å². The molecule has 1 aliphatic heterocycles. The molecule has 0 radical (unpaired) electrons. The Bertz CT molecular complexity index is 1310. The van der Waals surface area contributed by atoms with Gasteiger partial charge in [0.15, 0.2) is 4.90 Å². The van der Waals surface area contributed by atoms with Crippen molar-refractivity contribution in [3.63, 3.8) is 0 Å². The van der Waals surface area contributed by atoms with Gasteiger partial charge in [0, 0.05) is 36.0 Å². The molecule has 1 fully saturated rings. The Labute approximate surface area is 190 Å². The van der Waals surface area contributed by atoms with Crippen LogP contribution in [0, 0.1) is 5.82 Å². The summed E-state index contributed by atoms with van der Waals surface area (Å²) in [6, 6.07) is 7.20. The zero-order valence-corrected chi connectivity index (χ0v) is 18.5. The molecule has 2 N–H and O–H groups in total. The minimum Gasteiger partial charge on any atom is -0.480 e. The van der Waals surface area contributed by atoms with Crippen LogP contribution in [0.4, 0.5) is 10.1 Å². The second-order valence-corrected chi connectivity index (χ2v) is 8.79. The van der Waals surface area contributed by atoms with Crippen molar-refractivity contribution >= 4 is 22.0 Å². The molecule has 0 saturated carbocycles. The SMILES string of the molecule is COc1ncc(N2CCOCC2)c(-c2ccnc(-c3ccc(C=O)cc3F)c2)c1S(N)(=O)=O.